The van der Waals surface area contributed by atoms with Crippen LogP contribution in [0.15, 0.2) is 40.9 Å². The molecule has 0 amide bonds. The van der Waals surface area contributed by atoms with E-state index in [1.165, 1.54) is 5.56 Å². The van der Waals surface area contributed by atoms with Crippen molar-refractivity contribution in [1.82, 2.24) is 0 Å². The van der Waals surface area contributed by atoms with Crippen LogP contribution in [0.5, 0.6) is 11.5 Å². The average Bonchev–Trinajstić information content (AvgIpc) is 2.93. The van der Waals surface area contributed by atoms with E-state index in [4.69, 9.17) is 9.47 Å². The molecule has 0 aliphatic carbocycles. The number of fused-ring (bicyclic) bond motifs is 1. The summed E-state index contributed by atoms with van der Waals surface area (Å²) in [7, 11) is 0. The Bertz CT molecular complexity index is 652. The third kappa shape index (κ3) is 3.22. The quantitative estimate of drug-likeness (QED) is 0.906. The Morgan fingerprint density at radius 3 is 3.00 bits per heavy atom. The Balaban J connectivity index is 1.78. The normalized spacial score (nSPS) is 14.4. The van der Waals surface area contributed by atoms with E-state index in [0.717, 1.165) is 40.1 Å². The van der Waals surface area contributed by atoms with Crippen LogP contribution in [-0.2, 0) is 13.0 Å². The molecule has 1 heterocycles. The minimum Gasteiger partial charge on any atom is -0.493 e. The van der Waals surface area contributed by atoms with Gasteiger partial charge in [-0.25, -0.2) is 0 Å². The lowest BCUT2D eigenvalue weighted by Crippen LogP contribution is -2.00. The number of aliphatic hydroxyl groups excluding tert-OH is 1. The van der Waals surface area contributed by atoms with E-state index in [0.29, 0.717) is 6.61 Å². The summed E-state index contributed by atoms with van der Waals surface area (Å²) in [6.07, 6.45) is 0.450. The zero-order chi connectivity index (χ0) is 14.8. The molecule has 1 aliphatic rings. The summed E-state index contributed by atoms with van der Waals surface area (Å²) in [6.45, 7) is 2.93. The van der Waals surface area contributed by atoms with Gasteiger partial charge >= 0.3 is 0 Å². The van der Waals surface area contributed by atoms with Gasteiger partial charge < -0.3 is 14.6 Å². The Labute approximate surface area is 132 Å². The molecule has 0 aromatic heterocycles. The van der Waals surface area contributed by atoms with Gasteiger partial charge in [-0.05, 0) is 42.3 Å². The van der Waals surface area contributed by atoms with E-state index in [9.17, 15) is 5.11 Å². The second-order valence-electron chi connectivity index (χ2n) is 5.19. The van der Waals surface area contributed by atoms with Gasteiger partial charge in [-0.15, -0.1) is 0 Å². The number of ether oxygens (including phenoxy) is 2. The lowest BCUT2D eigenvalue weighted by atomic mass is 10.1. The van der Waals surface area contributed by atoms with Gasteiger partial charge in [-0.1, -0.05) is 28.1 Å². The van der Waals surface area contributed by atoms with Gasteiger partial charge in [0, 0.05) is 16.5 Å². The molecule has 110 valence electrons. The van der Waals surface area contributed by atoms with Crippen molar-refractivity contribution in [3.8, 4) is 11.5 Å². The molecule has 0 saturated carbocycles. The Morgan fingerprint density at radius 2 is 2.19 bits per heavy atom. The smallest absolute Gasteiger partial charge is 0.129 e. The first kappa shape index (κ1) is 14.4. The second kappa shape index (κ2) is 6.08. The minimum absolute atomic E-state index is 0.449. The molecule has 0 fully saturated rings. The Hall–Kier alpha value is -1.52. The number of aliphatic hydroxyl groups is 1. The summed E-state index contributed by atoms with van der Waals surface area (Å²) in [4.78, 5) is 0. The molecule has 1 N–H and O–H groups in total. The van der Waals surface area contributed by atoms with Crippen LogP contribution in [0, 0.1) is 0 Å². The predicted molar refractivity (Wildman–Crippen MR) is 84.7 cm³/mol. The largest absolute Gasteiger partial charge is 0.493 e. The number of rotatable bonds is 4. The molecule has 0 radical (unpaired) electrons. The molecule has 4 heteroatoms. The van der Waals surface area contributed by atoms with Gasteiger partial charge in [0.25, 0.3) is 0 Å². The van der Waals surface area contributed by atoms with E-state index < -0.39 is 6.10 Å². The van der Waals surface area contributed by atoms with Crippen molar-refractivity contribution in [2.24, 2.45) is 0 Å². The second-order valence-corrected chi connectivity index (χ2v) is 6.10. The monoisotopic (exact) mass is 348 g/mol. The van der Waals surface area contributed by atoms with Gasteiger partial charge in [-0.3, -0.25) is 0 Å². The van der Waals surface area contributed by atoms with Crippen LogP contribution in [0.25, 0.3) is 0 Å². The zero-order valence-electron chi connectivity index (χ0n) is 11.8. The van der Waals surface area contributed by atoms with E-state index in [1.54, 1.807) is 6.92 Å². The maximum atomic E-state index is 9.61. The lowest BCUT2D eigenvalue weighted by molar-refractivity contribution is 0.198. The van der Waals surface area contributed by atoms with Crippen molar-refractivity contribution in [2.75, 3.05) is 6.61 Å². The van der Waals surface area contributed by atoms with Gasteiger partial charge in [0.15, 0.2) is 0 Å². The summed E-state index contributed by atoms with van der Waals surface area (Å²) in [5.41, 5.74) is 3.11. The minimum atomic E-state index is -0.494. The molecule has 1 aliphatic heterocycles. The van der Waals surface area contributed by atoms with Gasteiger partial charge in [-0.2, -0.15) is 0 Å². The molecule has 1 unspecified atom stereocenters. The number of benzene rings is 2. The van der Waals surface area contributed by atoms with Crippen molar-refractivity contribution < 1.29 is 14.6 Å². The van der Waals surface area contributed by atoms with Crippen molar-refractivity contribution in [2.45, 2.75) is 26.1 Å². The molecule has 21 heavy (non-hydrogen) atoms. The van der Waals surface area contributed by atoms with Crippen molar-refractivity contribution in [1.29, 1.82) is 0 Å². The maximum Gasteiger partial charge on any atom is 0.129 e. The topological polar surface area (TPSA) is 38.7 Å². The first-order valence-corrected chi connectivity index (χ1v) is 7.77. The molecule has 3 rings (SSSR count). The first-order chi connectivity index (χ1) is 10.1. The molecule has 2 aromatic carbocycles. The van der Waals surface area contributed by atoms with E-state index in [2.05, 4.69) is 22.0 Å². The third-order valence-electron chi connectivity index (χ3n) is 3.56. The van der Waals surface area contributed by atoms with Crippen molar-refractivity contribution in [3.05, 3.63) is 57.6 Å². The molecule has 0 spiro atoms. The Kier molecular flexibility index (Phi) is 4.17. The summed E-state index contributed by atoms with van der Waals surface area (Å²) in [5.74, 6) is 1.70. The lowest BCUT2D eigenvalue weighted by Gasteiger charge is -2.12. The summed E-state index contributed by atoms with van der Waals surface area (Å²) < 4.78 is 12.6. The van der Waals surface area contributed by atoms with Crippen molar-refractivity contribution >= 4 is 15.9 Å². The summed E-state index contributed by atoms with van der Waals surface area (Å²) in [6, 6.07) is 11.7. The van der Waals surface area contributed by atoms with Crippen molar-refractivity contribution in [3.63, 3.8) is 0 Å². The fourth-order valence-electron chi connectivity index (χ4n) is 2.48. The van der Waals surface area contributed by atoms with E-state index in [-0.39, 0.29) is 0 Å². The average molecular weight is 349 g/mol. The van der Waals surface area contributed by atoms with Gasteiger partial charge in [0.1, 0.15) is 18.1 Å². The standard InChI is InChI=1S/C17H17BrO3/c1-11(19)12-3-2-4-16(9-12)21-10-14-8-15(18)7-13-5-6-20-17(13)14/h2-4,7-9,11,19H,5-6,10H2,1H3. The van der Waals surface area contributed by atoms with Crippen LogP contribution >= 0.6 is 15.9 Å². The highest BCUT2D eigenvalue weighted by molar-refractivity contribution is 9.10. The highest BCUT2D eigenvalue weighted by Gasteiger charge is 2.17. The fourth-order valence-corrected chi connectivity index (χ4v) is 3.03. The predicted octanol–water partition coefficient (Wildman–Crippen LogP) is 4.02. The number of hydrogen-bond acceptors (Lipinski definition) is 3. The number of halogens is 1. The van der Waals surface area contributed by atoms with Crippen LogP contribution in [0.3, 0.4) is 0 Å². The van der Waals surface area contributed by atoms with Crippen LogP contribution in [-0.4, -0.2) is 11.7 Å². The third-order valence-corrected chi connectivity index (χ3v) is 4.02. The van der Waals surface area contributed by atoms with Crippen LogP contribution in [0.4, 0.5) is 0 Å². The molecule has 3 nitrogen and oxygen atoms in total. The molecule has 0 saturated heterocycles. The summed E-state index contributed by atoms with van der Waals surface area (Å²) >= 11 is 3.53. The van der Waals surface area contributed by atoms with Crippen LogP contribution in [0.2, 0.25) is 0 Å². The number of hydrogen-bond donors (Lipinski definition) is 1. The van der Waals surface area contributed by atoms with E-state index in [1.807, 2.05) is 30.3 Å². The first-order valence-electron chi connectivity index (χ1n) is 6.98. The fraction of sp³-hybridized carbons (Fsp3) is 0.294. The highest BCUT2D eigenvalue weighted by Crippen LogP contribution is 2.33. The summed E-state index contributed by atoms with van der Waals surface area (Å²) in [5, 5.41) is 9.61. The van der Waals surface area contributed by atoms with Crippen LogP contribution in [0.1, 0.15) is 29.7 Å². The Morgan fingerprint density at radius 1 is 1.33 bits per heavy atom. The highest BCUT2D eigenvalue weighted by atomic mass is 79.9. The zero-order valence-corrected chi connectivity index (χ0v) is 13.4. The van der Waals surface area contributed by atoms with E-state index >= 15 is 0 Å². The molecular weight excluding hydrogens is 332 g/mol. The molecule has 0 bridgehead atoms. The van der Waals surface area contributed by atoms with Gasteiger partial charge in [0.2, 0.25) is 0 Å². The van der Waals surface area contributed by atoms with Gasteiger partial charge in [0.05, 0.1) is 12.7 Å². The molecule has 2 aromatic rings. The SMILES string of the molecule is CC(O)c1cccc(OCc2cc(Br)cc3c2OCC3)c1. The molecular formula is C17H17BrO3. The molecule has 1 atom stereocenters. The maximum absolute atomic E-state index is 9.61. The van der Waals surface area contributed by atoms with Crippen LogP contribution < -0.4 is 9.47 Å².